The summed E-state index contributed by atoms with van der Waals surface area (Å²) in [6.45, 7) is 3.41. The second-order valence-corrected chi connectivity index (χ2v) is 7.42. The number of nitrogens with zero attached hydrogens (tertiary/aromatic N) is 2. The molecule has 7 nitrogen and oxygen atoms in total. The number of aromatic carboxylic acids is 1. The molecule has 27 heavy (non-hydrogen) atoms. The van der Waals surface area contributed by atoms with E-state index in [0.717, 1.165) is 35.7 Å². The van der Waals surface area contributed by atoms with Gasteiger partial charge in [-0.05, 0) is 49.3 Å². The van der Waals surface area contributed by atoms with Gasteiger partial charge in [-0.25, -0.2) is 9.48 Å². The number of carbonyl (C=O) groups is 2. The van der Waals surface area contributed by atoms with Crippen LogP contribution in [0.4, 0.5) is 0 Å². The van der Waals surface area contributed by atoms with Crippen LogP contribution in [0, 0.1) is 0 Å². The molecule has 1 fully saturated rings. The summed E-state index contributed by atoms with van der Waals surface area (Å²) in [5.74, 6) is -0.246. The Balaban J connectivity index is 1.85. The van der Waals surface area contributed by atoms with Gasteiger partial charge in [-0.2, -0.15) is 5.10 Å². The number of hydrogen-bond acceptors (Lipinski definition) is 5. The van der Waals surface area contributed by atoms with E-state index in [0.29, 0.717) is 18.8 Å². The number of carboxylic acids is 1. The van der Waals surface area contributed by atoms with Crippen molar-refractivity contribution in [2.24, 2.45) is 0 Å². The molecule has 144 valence electrons. The lowest BCUT2D eigenvalue weighted by atomic mass is 10.1. The van der Waals surface area contributed by atoms with Gasteiger partial charge in [0.05, 0.1) is 23.0 Å². The van der Waals surface area contributed by atoms with Crippen LogP contribution < -0.4 is 5.32 Å². The number of rotatable bonds is 7. The lowest BCUT2D eigenvalue weighted by Gasteiger charge is -2.23. The summed E-state index contributed by atoms with van der Waals surface area (Å²) in [4.78, 5) is 23.8. The molecule has 0 bridgehead atoms. The zero-order valence-electron chi connectivity index (χ0n) is 15.2. The molecule has 1 aliphatic heterocycles. The fourth-order valence-corrected chi connectivity index (χ4v) is 3.84. The highest BCUT2D eigenvalue weighted by Gasteiger charge is 2.22. The molecular weight excluding hydrogens is 366 g/mol. The highest BCUT2D eigenvalue weighted by atomic mass is 32.2. The van der Waals surface area contributed by atoms with Crippen molar-refractivity contribution in [2.75, 3.05) is 19.0 Å². The maximum atomic E-state index is 12.8. The summed E-state index contributed by atoms with van der Waals surface area (Å²) >= 11 is 1.57. The third-order valence-electron chi connectivity index (χ3n) is 4.33. The second-order valence-electron chi connectivity index (χ2n) is 6.34. The topological polar surface area (TPSA) is 93.5 Å². The quantitative estimate of drug-likeness (QED) is 0.707. The van der Waals surface area contributed by atoms with E-state index in [-0.39, 0.29) is 17.5 Å². The molecule has 1 aromatic carbocycles. The Kier molecular flexibility index (Phi) is 6.52. The number of benzene rings is 1. The van der Waals surface area contributed by atoms with Gasteiger partial charge in [-0.1, -0.05) is 6.92 Å². The average Bonchev–Trinajstić information content (AvgIpc) is 3.11. The van der Waals surface area contributed by atoms with Gasteiger partial charge in [0.25, 0.3) is 5.91 Å². The van der Waals surface area contributed by atoms with Crippen molar-refractivity contribution >= 4 is 23.6 Å². The third kappa shape index (κ3) is 4.70. The standard InChI is InChI=1S/C19H23N3O4S/c1-2-11-27-18-16(17(23)21-14-7-9-26-10-8-14)12-20-22(18)15-5-3-13(4-6-15)19(24)25/h3-6,12,14H,2,7-11H2,1H3,(H,21,23)(H,24,25). The van der Waals surface area contributed by atoms with E-state index in [4.69, 9.17) is 9.84 Å². The van der Waals surface area contributed by atoms with Crippen molar-refractivity contribution in [1.29, 1.82) is 0 Å². The first-order chi connectivity index (χ1) is 13.1. The van der Waals surface area contributed by atoms with Crippen LogP contribution in [0.5, 0.6) is 0 Å². The molecule has 2 N–H and O–H groups in total. The first-order valence-electron chi connectivity index (χ1n) is 9.03. The van der Waals surface area contributed by atoms with Gasteiger partial charge in [0, 0.05) is 19.3 Å². The van der Waals surface area contributed by atoms with Crippen LogP contribution >= 0.6 is 11.8 Å². The fraction of sp³-hybridized carbons (Fsp3) is 0.421. The van der Waals surface area contributed by atoms with Crippen LogP contribution in [-0.4, -0.2) is 51.8 Å². The van der Waals surface area contributed by atoms with Crippen molar-refractivity contribution < 1.29 is 19.4 Å². The Morgan fingerprint density at radius 3 is 2.63 bits per heavy atom. The lowest BCUT2D eigenvalue weighted by molar-refractivity contribution is 0.0687. The van der Waals surface area contributed by atoms with Crippen molar-refractivity contribution in [3.63, 3.8) is 0 Å². The van der Waals surface area contributed by atoms with Crippen molar-refractivity contribution in [2.45, 2.75) is 37.3 Å². The first kappa shape index (κ1) is 19.4. The molecule has 0 aliphatic carbocycles. The van der Waals surface area contributed by atoms with Gasteiger partial charge in [-0.15, -0.1) is 11.8 Å². The Bertz CT molecular complexity index is 798. The van der Waals surface area contributed by atoms with Crippen LogP contribution in [-0.2, 0) is 4.74 Å². The number of ether oxygens (including phenoxy) is 1. The normalized spacial score (nSPS) is 14.9. The number of aromatic nitrogens is 2. The molecule has 1 aliphatic rings. The molecule has 1 saturated heterocycles. The summed E-state index contributed by atoms with van der Waals surface area (Å²) in [7, 11) is 0. The van der Waals surface area contributed by atoms with E-state index in [9.17, 15) is 9.59 Å². The minimum Gasteiger partial charge on any atom is -0.478 e. The molecule has 8 heteroatoms. The molecular formula is C19H23N3O4S. The van der Waals surface area contributed by atoms with Crippen molar-refractivity contribution in [1.82, 2.24) is 15.1 Å². The third-order valence-corrected chi connectivity index (χ3v) is 5.61. The molecule has 1 aromatic heterocycles. The van der Waals surface area contributed by atoms with E-state index in [2.05, 4.69) is 17.3 Å². The fourth-order valence-electron chi connectivity index (χ4n) is 2.86. The molecule has 3 rings (SSSR count). The molecule has 1 amide bonds. The number of hydrogen-bond donors (Lipinski definition) is 2. The predicted octanol–water partition coefficient (Wildman–Crippen LogP) is 2.98. The van der Waals surface area contributed by atoms with E-state index in [1.54, 1.807) is 34.8 Å². The zero-order valence-corrected chi connectivity index (χ0v) is 16.0. The SMILES string of the molecule is CCCSc1c(C(=O)NC2CCOCC2)cnn1-c1ccc(C(=O)O)cc1. The van der Waals surface area contributed by atoms with Crippen molar-refractivity contribution in [3.8, 4) is 5.69 Å². The molecule has 0 spiro atoms. The number of carboxylic acid groups (broad SMARTS) is 1. The maximum absolute atomic E-state index is 12.8. The van der Waals surface area contributed by atoms with Crippen LogP contribution in [0.25, 0.3) is 5.69 Å². The molecule has 2 heterocycles. The Hall–Kier alpha value is -2.32. The lowest BCUT2D eigenvalue weighted by Crippen LogP contribution is -2.39. The minimum atomic E-state index is -0.973. The number of amides is 1. The average molecular weight is 389 g/mol. The van der Waals surface area contributed by atoms with E-state index >= 15 is 0 Å². The summed E-state index contributed by atoms with van der Waals surface area (Å²) in [5.41, 5.74) is 1.48. The molecule has 0 atom stereocenters. The Morgan fingerprint density at radius 1 is 1.30 bits per heavy atom. The molecule has 0 unspecified atom stereocenters. The van der Waals surface area contributed by atoms with Crippen LogP contribution in [0.2, 0.25) is 0 Å². The smallest absolute Gasteiger partial charge is 0.335 e. The Morgan fingerprint density at radius 2 is 2.00 bits per heavy atom. The van der Waals surface area contributed by atoms with Gasteiger partial charge >= 0.3 is 5.97 Å². The first-order valence-corrected chi connectivity index (χ1v) is 10.0. The van der Waals surface area contributed by atoms with Gasteiger partial charge in [0.1, 0.15) is 5.03 Å². The van der Waals surface area contributed by atoms with E-state index < -0.39 is 5.97 Å². The second kappa shape index (κ2) is 9.05. The highest BCUT2D eigenvalue weighted by molar-refractivity contribution is 7.99. The number of nitrogens with one attached hydrogen (secondary N) is 1. The molecule has 0 radical (unpaired) electrons. The summed E-state index contributed by atoms with van der Waals surface area (Å²) < 4.78 is 7.04. The van der Waals surface area contributed by atoms with Crippen LogP contribution in [0.3, 0.4) is 0 Å². The van der Waals surface area contributed by atoms with E-state index in [1.807, 2.05) is 0 Å². The van der Waals surface area contributed by atoms with Crippen LogP contribution in [0.1, 0.15) is 46.9 Å². The largest absolute Gasteiger partial charge is 0.478 e. The monoisotopic (exact) mass is 389 g/mol. The van der Waals surface area contributed by atoms with Crippen molar-refractivity contribution in [3.05, 3.63) is 41.6 Å². The summed E-state index contributed by atoms with van der Waals surface area (Å²) in [6, 6.07) is 6.60. The summed E-state index contributed by atoms with van der Waals surface area (Å²) in [5, 5.41) is 17.3. The predicted molar refractivity (Wildman–Crippen MR) is 103 cm³/mol. The highest BCUT2D eigenvalue weighted by Crippen LogP contribution is 2.27. The molecule has 0 saturated carbocycles. The molecule has 2 aromatic rings. The van der Waals surface area contributed by atoms with E-state index in [1.165, 1.54) is 12.1 Å². The number of carbonyl (C=O) groups excluding carboxylic acids is 1. The van der Waals surface area contributed by atoms with Gasteiger partial charge < -0.3 is 15.2 Å². The number of thioether (sulfide) groups is 1. The zero-order chi connectivity index (χ0) is 19.2. The summed E-state index contributed by atoms with van der Waals surface area (Å²) in [6.07, 6.45) is 4.18. The van der Waals surface area contributed by atoms with Gasteiger partial charge in [-0.3, -0.25) is 4.79 Å². The Labute approximate surface area is 162 Å². The van der Waals surface area contributed by atoms with Gasteiger partial charge in [0.2, 0.25) is 0 Å². The minimum absolute atomic E-state index is 0.119. The maximum Gasteiger partial charge on any atom is 0.335 e. The van der Waals surface area contributed by atoms with Crippen LogP contribution in [0.15, 0.2) is 35.5 Å². The van der Waals surface area contributed by atoms with Gasteiger partial charge in [0.15, 0.2) is 0 Å².